The van der Waals surface area contributed by atoms with E-state index >= 15 is 0 Å². The number of carbonyl (C=O) groups is 1. The molecule has 1 saturated heterocycles. The van der Waals surface area contributed by atoms with Crippen LogP contribution in [0.5, 0.6) is 11.6 Å². The molecular weight excluding hydrogens is 460 g/mol. The zero-order valence-corrected chi connectivity index (χ0v) is 19.8. The van der Waals surface area contributed by atoms with Crippen LogP contribution < -0.4 is 20.3 Å². The number of halogens is 1. The Hall–Kier alpha value is -3.01. The van der Waals surface area contributed by atoms with Gasteiger partial charge in [0.05, 0.1) is 17.6 Å². The number of aromatic nitrogens is 2. The fourth-order valence-corrected chi connectivity index (χ4v) is 3.59. The fourth-order valence-electron chi connectivity index (χ4n) is 3.39. The number of hydrogen-bond donors (Lipinski definition) is 3. The summed E-state index contributed by atoms with van der Waals surface area (Å²) in [6, 6.07) is 15.2. The van der Waals surface area contributed by atoms with Gasteiger partial charge >= 0.3 is 0 Å². The third kappa shape index (κ3) is 6.07. The normalized spacial score (nSPS) is 14.1. The van der Waals surface area contributed by atoms with Gasteiger partial charge in [0.25, 0.3) is 0 Å². The van der Waals surface area contributed by atoms with Crippen LogP contribution >= 0.6 is 24.2 Å². The monoisotopic (exact) mass is 484 g/mol. The number of carbonyl (C=O) groups excluding carboxylic acids is 1. The first-order valence-electron chi connectivity index (χ1n) is 10.5. The SMILES string of the molecule is CN1CCN(c2ccc(Nc3ncc(Cl)c(Oc4ccccc4NC(=O)CS)n3)cc2)CC1. The maximum absolute atomic E-state index is 11.7. The Bertz CT molecular complexity index is 1110. The van der Waals surface area contributed by atoms with Crippen molar-refractivity contribution >= 4 is 53.1 Å². The van der Waals surface area contributed by atoms with E-state index in [0.717, 1.165) is 31.9 Å². The van der Waals surface area contributed by atoms with Crippen LogP contribution in [0.15, 0.2) is 54.7 Å². The Morgan fingerprint density at radius 3 is 2.58 bits per heavy atom. The van der Waals surface area contributed by atoms with Crippen LogP contribution in [-0.4, -0.2) is 59.8 Å². The first-order chi connectivity index (χ1) is 16.0. The number of anilines is 4. The van der Waals surface area contributed by atoms with Gasteiger partial charge in [-0.25, -0.2) is 4.98 Å². The maximum atomic E-state index is 11.7. The zero-order chi connectivity index (χ0) is 23.2. The topological polar surface area (TPSA) is 82.6 Å². The molecule has 1 fully saturated rings. The Labute approximate surface area is 203 Å². The number of amides is 1. The number of hydrogen-bond acceptors (Lipinski definition) is 8. The van der Waals surface area contributed by atoms with Gasteiger partial charge in [0.1, 0.15) is 5.02 Å². The van der Waals surface area contributed by atoms with Gasteiger partial charge in [-0.1, -0.05) is 23.7 Å². The predicted molar refractivity (Wildman–Crippen MR) is 135 cm³/mol. The summed E-state index contributed by atoms with van der Waals surface area (Å²) in [6.07, 6.45) is 1.47. The lowest BCUT2D eigenvalue weighted by Gasteiger charge is -2.34. The zero-order valence-electron chi connectivity index (χ0n) is 18.2. The number of piperazine rings is 1. The maximum Gasteiger partial charge on any atom is 0.243 e. The summed E-state index contributed by atoms with van der Waals surface area (Å²) >= 11 is 10.3. The molecule has 0 spiro atoms. The summed E-state index contributed by atoms with van der Waals surface area (Å²) in [5.41, 5.74) is 2.54. The van der Waals surface area contributed by atoms with E-state index in [1.165, 1.54) is 11.9 Å². The third-order valence-electron chi connectivity index (χ3n) is 5.22. The van der Waals surface area contributed by atoms with Crippen molar-refractivity contribution in [3.63, 3.8) is 0 Å². The smallest absolute Gasteiger partial charge is 0.243 e. The van der Waals surface area contributed by atoms with Crippen molar-refractivity contribution in [2.24, 2.45) is 0 Å². The summed E-state index contributed by atoms with van der Waals surface area (Å²) in [6.45, 7) is 4.14. The van der Waals surface area contributed by atoms with E-state index in [1.807, 2.05) is 12.1 Å². The summed E-state index contributed by atoms with van der Waals surface area (Å²) in [4.78, 5) is 25.1. The van der Waals surface area contributed by atoms with Crippen molar-refractivity contribution in [3.8, 4) is 11.6 Å². The second-order valence-corrected chi connectivity index (χ2v) is 8.34. The number of benzene rings is 2. The van der Waals surface area contributed by atoms with Crippen LogP contribution in [0.2, 0.25) is 5.02 Å². The van der Waals surface area contributed by atoms with E-state index < -0.39 is 0 Å². The van der Waals surface area contributed by atoms with Gasteiger partial charge in [0, 0.05) is 37.6 Å². The van der Waals surface area contributed by atoms with Crippen molar-refractivity contribution in [2.45, 2.75) is 0 Å². The number of thiol groups is 1. The van der Waals surface area contributed by atoms with Crippen LogP contribution in [0.4, 0.5) is 23.0 Å². The molecule has 0 unspecified atom stereocenters. The molecule has 4 rings (SSSR count). The number of nitrogens with zero attached hydrogens (tertiary/aromatic N) is 4. The van der Waals surface area contributed by atoms with E-state index in [0.29, 0.717) is 17.4 Å². The van der Waals surface area contributed by atoms with Crippen LogP contribution in [-0.2, 0) is 4.79 Å². The molecule has 10 heteroatoms. The highest BCUT2D eigenvalue weighted by molar-refractivity contribution is 7.81. The highest BCUT2D eigenvalue weighted by atomic mass is 35.5. The first-order valence-corrected chi connectivity index (χ1v) is 11.5. The largest absolute Gasteiger partial charge is 0.435 e. The molecule has 0 saturated carbocycles. The van der Waals surface area contributed by atoms with Crippen molar-refractivity contribution in [2.75, 3.05) is 54.5 Å². The van der Waals surface area contributed by atoms with Crippen LogP contribution in [0, 0.1) is 0 Å². The fraction of sp³-hybridized carbons (Fsp3) is 0.261. The number of nitrogens with one attached hydrogen (secondary N) is 2. The lowest BCUT2D eigenvalue weighted by Crippen LogP contribution is -2.44. The molecule has 2 heterocycles. The van der Waals surface area contributed by atoms with Gasteiger partial charge in [0.2, 0.25) is 17.7 Å². The quantitative estimate of drug-likeness (QED) is 0.431. The number of para-hydroxylation sites is 2. The van der Waals surface area contributed by atoms with Gasteiger partial charge in [-0.2, -0.15) is 17.6 Å². The summed E-state index contributed by atoms with van der Waals surface area (Å²) in [7, 11) is 2.14. The van der Waals surface area contributed by atoms with Crippen molar-refractivity contribution < 1.29 is 9.53 Å². The molecule has 8 nitrogen and oxygen atoms in total. The molecule has 0 bridgehead atoms. The summed E-state index contributed by atoms with van der Waals surface area (Å²) in [5, 5.41) is 6.17. The molecule has 1 aliphatic heterocycles. The van der Waals surface area contributed by atoms with Gasteiger partial charge in [-0.15, -0.1) is 0 Å². The summed E-state index contributed by atoms with van der Waals surface area (Å²) < 4.78 is 5.90. The van der Waals surface area contributed by atoms with Gasteiger partial charge in [-0.05, 0) is 43.4 Å². The Morgan fingerprint density at radius 1 is 1.12 bits per heavy atom. The molecule has 2 N–H and O–H groups in total. The minimum atomic E-state index is -0.245. The standard InChI is InChI=1S/C23H25ClN6O2S/c1-29-10-12-30(13-11-29)17-8-6-16(7-9-17)26-23-25-14-18(24)22(28-23)32-20-5-3-2-4-19(20)27-21(31)15-33/h2-9,14,33H,10-13,15H2,1H3,(H,27,31)(H,25,26,28). The van der Waals surface area contributed by atoms with E-state index in [9.17, 15) is 4.79 Å². The lowest BCUT2D eigenvalue weighted by molar-refractivity contribution is -0.113. The molecule has 172 valence electrons. The molecule has 0 aliphatic carbocycles. The van der Waals surface area contributed by atoms with Crippen molar-refractivity contribution in [3.05, 3.63) is 59.8 Å². The minimum Gasteiger partial charge on any atom is -0.435 e. The number of ether oxygens (including phenoxy) is 1. The molecule has 3 aromatic rings. The molecule has 1 aromatic heterocycles. The van der Waals surface area contributed by atoms with Crippen LogP contribution in [0.1, 0.15) is 0 Å². The minimum absolute atomic E-state index is 0.0598. The molecule has 1 aliphatic rings. The second kappa shape index (κ2) is 10.7. The Morgan fingerprint density at radius 2 is 1.85 bits per heavy atom. The van der Waals surface area contributed by atoms with Gasteiger partial charge in [-0.3, -0.25) is 4.79 Å². The average Bonchev–Trinajstić information content (AvgIpc) is 2.83. The highest BCUT2D eigenvalue weighted by Gasteiger charge is 2.15. The van der Waals surface area contributed by atoms with E-state index in [2.05, 4.69) is 62.2 Å². The predicted octanol–water partition coefficient (Wildman–Crippen LogP) is 4.29. The van der Waals surface area contributed by atoms with Crippen LogP contribution in [0.25, 0.3) is 0 Å². The molecule has 1 amide bonds. The lowest BCUT2D eigenvalue weighted by atomic mass is 10.2. The number of rotatable bonds is 7. The highest BCUT2D eigenvalue weighted by Crippen LogP contribution is 2.33. The van der Waals surface area contributed by atoms with E-state index in [1.54, 1.807) is 24.3 Å². The van der Waals surface area contributed by atoms with Gasteiger partial charge in [0.15, 0.2) is 5.75 Å². The Balaban J connectivity index is 1.46. The average molecular weight is 485 g/mol. The molecule has 0 atom stereocenters. The van der Waals surface area contributed by atoms with Crippen LogP contribution in [0.3, 0.4) is 0 Å². The molecule has 2 aromatic carbocycles. The van der Waals surface area contributed by atoms with E-state index in [-0.39, 0.29) is 22.6 Å². The second-order valence-electron chi connectivity index (χ2n) is 7.61. The van der Waals surface area contributed by atoms with Gasteiger partial charge < -0.3 is 25.2 Å². The molecule has 0 radical (unpaired) electrons. The Kier molecular flexibility index (Phi) is 7.54. The molecule has 33 heavy (non-hydrogen) atoms. The first kappa shape index (κ1) is 23.2. The third-order valence-corrected chi connectivity index (χ3v) is 5.76. The molecular formula is C23H25ClN6O2S. The van der Waals surface area contributed by atoms with Crippen molar-refractivity contribution in [1.82, 2.24) is 14.9 Å². The summed E-state index contributed by atoms with van der Waals surface area (Å²) in [5.74, 6) is 0.750. The van der Waals surface area contributed by atoms with E-state index in [4.69, 9.17) is 16.3 Å². The number of likely N-dealkylation sites (N-methyl/N-ethyl adjacent to an activating group) is 1. The van der Waals surface area contributed by atoms with Crippen molar-refractivity contribution in [1.29, 1.82) is 0 Å².